The molecule has 2 unspecified atom stereocenters. The Morgan fingerprint density at radius 2 is 2.08 bits per heavy atom. The highest BCUT2D eigenvalue weighted by Gasteiger charge is 2.53. The quantitative estimate of drug-likeness (QED) is 0.628. The summed E-state index contributed by atoms with van der Waals surface area (Å²) in [6.45, 7) is 7.25. The fraction of sp³-hybridized carbons (Fsp3) is 0.381. The van der Waals surface area contributed by atoms with Crippen LogP contribution in [0.15, 0.2) is 35.8 Å². The molecule has 5 rings (SSSR count). The fourth-order valence-corrected chi connectivity index (χ4v) is 5.62. The van der Waals surface area contributed by atoms with Crippen molar-refractivity contribution in [3.05, 3.63) is 47.2 Å². The van der Waals surface area contributed by atoms with Crippen LogP contribution >= 0.6 is 11.3 Å². The third-order valence-corrected chi connectivity index (χ3v) is 6.80. The smallest absolute Gasteiger partial charge is 0.133 e. The van der Waals surface area contributed by atoms with Crippen molar-refractivity contribution in [2.24, 2.45) is 0 Å². The number of benzene rings is 1. The number of ether oxygens (including phenoxy) is 1. The van der Waals surface area contributed by atoms with Crippen molar-refractivity contribution >= 4 is 27.2 Å². The van der Waals surface area contributed by atoms with Gasteiger partial charge < -0.3 is 10.1 Å². The molecule has 26 heavy (non-hydrogen) atoms. The topological polar surface area (TPSA) is 34.2 Å². The van der Waals surface area contributed by atoms with Gasteiger partial charge in [-0.2, -0.15) is 0 Å². The number of aromatic nitrogens is 1. The minimum Gasteiger partial charge on any atom is -0.377 e. The zero-order valence-corrected chi connectivity index (χ0v) is 15.9. The number of fused-ring (bicyclic) bond motifs is 4. The molecule has 0 spiro atoms. The first-order chi connectivity index (χ1) is 12.4. The number of nitrogens with zero attached hydrogens (tertiary/aromatic N) is 1. The predicted octanol–water partition coefficient (Wildman–Crippen LogP) is 5.35. The summed E-state index contributed by atoms with van der Waals surface area (Å²) in [6, 6.07) is 7.61. The third-order valence-electron chi connectivity index (χ3n) is 5.98. The molecule has 0 aliphatic carbocycles. The Balaban J connectivity index is 1.76. The molecule has 1 aromatic carbocycles. The van der Waals surface area contributed by atoms with Crippen LogP contribution in [0.5, 0.6) is 0 Å². The molecule has 2 aliphatic heterocycles. The van der Waals surface area contributed by atoms with E-state index in [1.807, 2.05) is 23.6 Å². The van der Waals surface area contributed by atoms with Gasteiger partial charge in [-0.25, -0.2) is 9.37 Å². The minimum atomic E-state index is -0.233. The monoisotopic (exact) mass is 368 g/mol. The first kappa shape index (κ1) is 16.2. The van der Waals surface area contributed by atoms with Gasteiger partial charge in [0.05, 0.1) is 11.6 Å². The largest absolute Gasteiger partial charge is 0.377 e. The average Bonchev–Trinajstić information content (AvgIpc) is 3.21. The number of thiophene rings is 1. The van der Waals surface area contributed by atoms with Crippen molar-refractivity contribution in [2.45, 2.75) is 44.2 Å². The highest BCUT2D eigenvalue weighted by atomic mass is 32.1. The van der Waals surface area contributed by atoms with Gasteiger partial charge in [0.15, 0.2) is 0 Å². The van der Waals surface area contributed by atoms with E-state index in [-0.39, 0.29) is 22.9 Å². The fourth-order valence-electron chi connectivity index (χ4n) is 4.86. The maximum absolute atomic E-state index is 15.1. The molecule has 1 saturated heterocycles. The lowest BCUT2D eigenvalue weighted by Gasteiger charge is -2.48. The second kappa shape index (κ2) is 5.27. The van der Waals surface area contributed by atoms with E-state index in [0.29, 0.717) is 5.56 Å². The molecular weight excluding hydrogens is 347 g/mol. The highest BCUT2D eigenvalue weighted by Crippen LogP contribution is 2.51. The van der Waals surface area contributed by atoms with Crippen LogP contribution < -0.4 is 5.32 Å². The molecule has 0 saturated carbocycles. The summed E-state index contributed by atoms with van der Waals surface area (Å²) in [7, 11) is 0. The molecule has 5 heteroatoms. The Morgan fingerprint density at radius 1 is 1.23 bits per heavy atom. The summed E-state index contributed by atoms with van der Waals surface area (Å²) in [5.41, 5.74) is 3.23. The van der Waals surface area contributed by atoms with Crippen LogP contribution in [0.3, 0.4) is 0 Å². The molecular formula is C21H21FN2OS. The molecule has 0 bridgehead atoms. The van der Waals surface area contributed by atoms with E-state index in [1.165, 1.54) is 0 Å². The normalized spacial score (nSPS) is 26.4. The van der Waals surface area contributed by atoms with Gasteiger partial charge in [0.25, 0.3) is 0 Å². The lowest BCUT2D eigenvalue weighted by Crippen LogP contribution is -2.56. The van der Waals surface area contributed by atoms with Crippen LogP contribution in [0.1, 0.15) is 32.8 Å². The molecule has 0 amide bonds. The second-order valence-electron chi connectivity index (χ2n) is 8.14. The van der Waals surface area contributed by atoms with Gasteiger partial charge in [-0.05, 0) is 61.0 Å². The minimum absolute atomic E-state index is 0.0689. The van der Waals surface area contributed by atoms with Gasteiger partial charge in [-0.1, -0.05) is 6.92 Å². The summed E-state index contributed by atoms with van der Waals surface area (Å²) in [4.78, 5) is 5.33. The number of pyridine rings is 1. The Labute approximate surface area is 156 Å². The number of hydrogen-bond acceptors (Lipinski definition) is 4. The highest BCUT2D eigenvalue weighted by molar-refractivity contribution is 7.16. The standard InChI is InChI=1S/C21H21FN2OS/c1-20(2)19-21(3,6-8-25-19)15-10-14(16(22)11-17(15)24-20)12-4-7-23-18-13(12)5-9-26-18/h4-5,7,9-11,19,24H,6,8H2,1-3H3. The Morgan fingerprint density at radius 3 is 2.92 bits per heavy atom. The number of halogens is 1. The maximum Gasteiger partial charge on any atom is 0.133 e. The summed E-state index contributed by atoms with van der Waals surface area (Å²) in [5.74, 6) is -0.202. The van der Waals surface area contributed by atoms with Crippen LogP contribution in [0.2, 0.25) is 0 Å². The van der Waals surface area contributed by atoms with Crippen molar-refractivity contribution in [2.75, 3.05) is 11.9 Å². The van der Waals surface area contributed by atoms with Crippen LogP contribution in [-0.4, -0.2) is 23.2 Å². The van der Waals surface area contributed by atoms with E-state index < -0.39 is 0 Å². The van der Waals surface area contributed by atoms with Crippen molar-refractivity contribution in [3.8, 4) is 11.1 Å². The van der Waals surface area contributed by atoms with E-state index >= 15 is 4.39 Å². The van der Waals surface area contributed by atoms with Gasteiger partial charge in [0.2, 0.25) is 0 Å². The van der Waals surface area contributed by atoms with Gasteiger partial charge in [0, 0.05) is 34.9 Å². The first-order valence-electron chi connectivity index (χ1n) is 8.96. The SMILES string of the molecule is CC1(C)Nc2cc(F)c(-c3ccnc4sccc34)cc2C2(C)CCOC12. The summed E-state index contributed by atoms with van der Waals surface area (Å²) in [6.07, 6.45) is 2.78. The van der Waals surface area contributed by atoms with E-state index in [9.17, 15) is 0 Å². The molecule has 3 nitrogen and oxygen atoms in total. The summed E-state index contributed by atoms with van der Waals surface area (Å²) in [5, 5.41) is 6.52. The number of anilines is 1. The van der Waals surface area contributed by atoms with Crippen molar-refractivity contribution in [1.29, 1.82) is 0 Å². The van der Waals surface area contributed by atoms with Crippen LogP contribution in [0.25, 0.3) is 21.3 Å². The molecule has 3 aromatic rings. The number of rotatable bonds is 1. The van der Waals surface area contributed by atoms with Gasteiger partial charge in [0.1, 0.15) is 10.6 Å². The number of nitrogens with one attached hydrogen (secondary N) is 1. The molecule has 2 atom stereocenters. The molecule has 4 heterocycles. The van der Waals surface area contributed by atoms with E-state index in [0.717, 1.165) is 40.1 Å². The Hall–Kier alpha value is -1.98. The number of hydrogen-bond donors (Lipinski definition) is 1. The van der Waals surface area contributed by atoms with Gasteiger partial charge >= 0.3 is 0 Å². The molecule has 2 aliphatic rings. The van der Waals surface area contributed by atoms with Crippen LogP contribution in [-0.2, 0) is 10.2 Å². The Kier molecular flexibility index (Phi) is 3.29. The summed E-state index contributed by atoms with van der Waals surface area (Å²) < 4.78 is 21.2. The van der Waals surface area contributed by atoms with Gasteiger partial charge in [-0.15, -0.1) is 11.3 Å². The Bertz CT molecular complexity index is 1030. The van der Waals surface area contributed by atoms with E-state index in [1.54, 1.807) is 23.6 Å². The molecule has 1 fully saturated rings. The van der Waals surface area contributed by atoms with Gasteiger partial charge in [-0.3, -0.25) is 0 Å². The zero-order chi connectivity index (χ0) is 18.1. The average molecular weight is 368 g/mol. The van der Waals surface area contributed by atoms with E-state index in [4.69, 9.17) is 4.74 Å². The van der Waals surface area contributed by atoms with Crippen molar-refractivity contribution in [1.82, 2.24) is 4.98 Å². The van der Waals surface area contributed by atoms with Crippen LogP contribution in [0, 0.1) is 5.82 Å². The van der Waals surface area contributed by atoms with Crippen molar-refractivity contribution < 1.29 is 9.13 Å². The van der Waals surface area contributed by atoms with Crippen molar-refractivity contribution in [3.63, 3.8) is 0 Å². The zero-order valence-electron chi connectivity index (χ0n) is 15.1. The third kappa shape index (κ3) is 2.10. The van der Waals surface area contributed by atoms with Crippen LogP contribution in [0.4, 0.5) is 10.1 Å². The first-order valence-corrected chi connectivity index (χ1v) is 9.84. The predicted molar refractivity (Wildman–Crippen MR) is 104 cm³/mol. The molecule has 134 valence electrons. The lowest BCUT2D eigenvalue weighted by atomic mass is 9.66. The molecule has 1 N–H and O–H groups in total. The maximum atomic E-state index is 15.1. The van der Waals surface area contributed by atoms with E-state index in [2.05, 4.69) is 31.1 Å². The molecule has 2 aromatic heterocycles. The second-order valence-corrected chi connectivity index (χ2v) is 9.04. The molecule has 0 radical (unpaired) electrons. The lowest BCUT2D eigenvalue weighted by molar-refractivity contribution is 0.0352. The summed E-state index contributed by atoms with van der Waals surface area (Å²) >= 11 is 1.58.